The summed E-state index contributed by atoms with van der Waals surface area (Å²) in [7, 11) is 0. The summed E-state index contributed by atoms with van der Waals surface area (Å²) in [5, 5.41) is 20.9. The Morgan fingerprint density at radius 3 is 2.55 bits per heavy atom. The van der Waals surface area contributed by atoms with Gasteiger partial charge in [0.15, 0.2) is 5.13 Å². The number of nitriles is 1. The summed E-state index contributed by atoms with van der Waals surface area (Å²) in [6.07, 6.45) is 0.898. The molecule has 1 aliphatic heterocycles. The van der Waals surface area contributed by atoms with Crippen molar-refractivity contribution >= 4 is 16.5 Å². The highest BCUT2D eigenvalue weighted by Gasteiger charge is 2.51. The van der Waals surface area contributed by atoms with E-state index in [2.05, 4.69) is 18.0 Å². The fourth-order valence-electron chi connectivity index (χ4n) is 4.17. The van der Waals surface area contributed by atoms with Gasteiger partial charge in [0.05, 0.1) is 24.4 Å². The highest BCUT2D eigenvalue weighted by atomic mass is 32.1. The van der Waals surface area contributed by atoms with Crippen LogP contribution in [0.15, 0.2) is 48.5 Å². The summed E-state index contributed by atoms with van der Waals surface area (Å²) in [6.45, 7) is 4.00. The number of hydrogen-bond acceptors (Lipinski definition) is 5. The minimum atomic E-state index is -0.413. The first kappa shape index (κ1) is 19.6. The quantitative estimate of drug-likeness (QED) is 0.667. The number of rotatable bonds is 5. The van der Waals surface area contributed by atoms with E-state index in [9.17, 15) is 14.8 Å². The van der Waals surface area contributed by atoms with Crippen LogP contribution in [0.5, 0.6) is 0 Å². The largest absolute Gasteiger partial charge is 0.394 e. The van der Waals surface area contributed by atoms with Crippen LogP contribution in [0.2, 0.25) is 0 Å². The van der Waals surface area contributed by atoms with Gasteiger partial charge in [0.1, 0.15) is 11.9 Å². The fraction of sp³-hybridized carbons (Fsp3) is 0.304. The van der Waals surface area contributed by atoms with Gasteiger partial charge in [-0.2, -0.15) is 5.26 Å². The molecule has 4 rings (SSSR count). The monoisotopic (exact) mass is 407 g/mol. The zero-order valence-electron chi connectivity index (χ0n) is 16.3. The van der Waals surface area contributed by atoms with Crippen LogP contribution < -0.4 is 4.90 Å². The van der Waals surface area contributed by atoms with E-state index in [4.69, 9.17) is 0 Å². The molecule has 0 bridgehead atoms. The Kier molecular flexibility index (Phi) is 5.35. The molecule has 2 heterocycles. The van der Waals surface area contributed by atoms with Crippen LogP contribution in [0.25, 0.3) is 11.1 Å². The third kappa shape index (κ3) is 3.31. The Labute approximate surface area is 173 Å². The molecule has 0 unspecified atom stereocenters. The van der Waals surface area contributed by atoms with Gasteiger partial charge < -0.3 is 10.0 Å². The first-order valence-corrected chi connectivity index (χ1v) is 10.5. The number of aliphatic hydroxyl groups excluding tert-OH is 1. The lowest BCUT2D eigenvalue weighted by Gasteiger charge is -2.52. The van der Waals surface area contributed by atoms with Crippen molar-refractivity contribution in [1.29, 1.82) is 5.26 Å². The standard InChI is InChI=1S/C23H22FN3OS/c1-3-21-14(2)26-23(29-21)27-19(12-25)22(20(27)13-28)18-7-5-4-6-17(18)15-8-10-16(24)11-9-15/h4-11,19-20,22,28H,3,13H2,1-2H3/t19-,20+,22-/m1/s1. The second kappa shape index (κ2) is 7.94. The summed E-state index contributed by atoms with van der Waals surface area (Å²) >= 11 is 1.59. The number of hydrogen-bond donors (Lipinski definition) is 1. The molecule has 1 N–H and O–H groups in total. The number of aromatic nitrogens is 1. The Morgan fingerprint density at radius 1 is 1.21 bits per heavy atom. The van der Waals surface area contributed by atoms with E-state index in [0.29, 0.717) is 0 Å². The van der Waals surface area contributed by atoms with Gasteiger partial charge >= 0.3 is 0 Å². The average molecular weight is 408 g/mol. The smallest absolute Gasteiger partial charge is 0.187 e. The average Bonchev–Trinajstić information content (AvgIpc) is 3.09. The molecule has 1 aliphatic rings. The van der Waals surface area contributed by atoms with Gasteiger partial charge in [-0.15, -0.1) is 11.3 Å². The van der Waals surface area contributed by atoms with E-state index in [1.54, 1.807) is 23.5 Å². The number of benzene rings is 2. The maximum atomic E-state index is 13.4. The van der Waals surface area contributed by atoms with Gasteiger partial charge in [0.25, 0.3) is 0 Å². The fourth-order valence-corrected chi connectivity index (χ4v) is 5.27. The summed E-state index contributed by atoms with van der Waals surface area (Å²) in [6, 6.07) is 16.0. The Morgan fingerprint density at radius 2 is 1.93 bits per heavy atom. The summed E-state index contributed by atoms with van der Waals surface area (Å²) in [5.74, 6) is -0.435. The Bertz CT molecular complexity index is 1060. The van der Waals surface area contributed by atoms with Crippen molar-refractivity contribution in [3.63, 3.8) is 0 Å². The second-order valence-corrected chi connectivity index (χ2v) is 8.27. The molecule has 1 fully saturated rings. The van der Waals surface area contributed by atoms with Crippen LogP contribution in [0.4, 0.5) is 9.52 Å². The predicted molar refractivity (Wildman–Crippen MR) is 114 cm³/mol. The number of aliphatic hydroxyl groups is 1. The molecule has 6 heteroatoms. The zero-order valence-corrected chi connectivity index (χ0v) is 17.2. The highest BCUT2D eigenvalue weighted by Crippen LogP contribution is 2.47. The summed E-state index contributed by atoms with van der Waals surface area (Å²) < 4.78 is 13.4. The first-order valence-electron chi connectivity index (χ1n) is 9.69. The third-order valence-corrected chi connectivity index (χ3v) is 6.94. The normalized spacial score (nSPS) is 20.9. The molecule has 3 aromatic rings. The molecule has 2 aromatic carbocycles. The Hall–Kier alpha value is -2.75. The van der Waals surface area contributed by atoms with Crippen molar-refractivity contribution in [3.05, 3.63) is 70.5 Å². The van der Waals surface area contributed by atoms with Gasteiger partial charge in [0, 0.05) is 10.8 Å². The van der Waals surface area contributed by atoms with Crippen LogP contribution >= 0.6 is 11.3 Å². The van der Waals surface area contributed by atoms with Crippen LogP contribution in [0, 0.1) is 24.1 Å². The van der Waals surface area contributed by atoms with E-state index in [0.717, 1.165) is 33.9 Å². The van der Waals surface area contributed by atoms with E-state index >= 15 is 0 Å². The molecule has 148 valence electrons. The lowest BCUT2D eigenvalue weighted by Crippen LogP contribution is -2.63. The number of anilines is 1. The van der Waals surface area contributed by atoms with E-state index in [-0.39, 0.29) is 24.4 Å². The minimum Gasteiger partial charge on any atom is -0.394 e. The molecule has 1 aromatic heterocycles. The lowest BCUT2D eigenvalue weighted by molar-refractivity contribution is 0.188. The van der Waals surface area contributed by atoms with Crippen molar-refractivity contribution in [2.24, 2.45) is 0 Å². The topological polar surface area (TPSA) is 60.2 Å². The molecule has 1 saturated heterocycles. The molecule has 3 atom stereocenters. The van der Waals surface area contributed by atoms with Crippen molar-refractivity contribution in [3.8, 4) is 17.2 Å². The van der Waals surface area contributed by atoms with Gasteiger partial charge in [-0.05, 0) is 42.2 Å². The molecule has 0 amide bonds. The summed E-state index contributed by atoms with van der Waals surface area (Å²) in [5.41, 5.74) is 3.83. The van der Waals surface area contributed by atoms with Crippen LogP contribution in [0.1, 0.15) is 29.0 Å². The van der Waals surface area contributed by atoms with Crippen molar-refractivity contribution in [1.82, 2.24) is 4.98 Å². The molecule has 0 spiro atoms. The lowest BCUT2D eigenvalue weighted by atomic mass is 9.74. The second-order valence-electron chi connectivity index (χ2n) is 7.21. The van der Waals surface area contributed by atoms with E-state index < -0.39 is 6.04 Å². The van der Waals surface area contributed by atoms with E-state index in [1.165, 1.54) is 17.0 Å². The maximum absolute atomic E-state index is 13.4. The number of halogens is 1. The maximum Gasteiger partial charge on any atom is 0.187 e. The van der Waals surface area contributed by atoms with Crippen LogP contribution in [-0.4, -0.2) is 28.8 Å². The first-order chi connectivity index (χ1) is 14.1. The van der Waals surface area contributed by atoms with Crippen LogP contribution in [0.3, 0.4) is 0 Å². The van der Waals surface area contributed by atoms with Gasteiger partial charge in [0.2, 0.25) is 0 Å². The van der Waals surface area contributed by atoms with Crippen molar-refractivity contribution < 1.29 is 9.50 Å². The molecule has 0 saturated carbocycles. The van der Waals surface area contributed by atoms with Crippen LogP contribution in [-0.2, 0) is 6.42 Å². The molecule has 4 nitrogen and oxygen atoms in total. The van der Waals surface area contributed by atoms with Crippen molar-refractivity contribution in [2.45, 2.75) is 38.3 Å². The van der Waals surface area contributed by atoms with Crippen molar-refractivity contribution in [2.75, 3.05) is 11.5 Å². The van der Waals surface area contributed by atoms with Gasteiger partial charge in [-0.1, -0.05) is 43.3 Å². The van der Waals surface area contributed by atoms with E-state index in [1.807, 2.05) is 36.1 Å². The van der Waals surface area contributed by atoms with Gasteiger partial charge in [-0.3, -0.25) is 0 Å². The number of thiazole rings is 1. The molecule has 29 heavy (non-hydrogen) atoms. The number of aryl methyl sites for hydroxylation is 2. The molecular weight excluding hydrogens is 385 g/mol. The third-order valence-electron chi connectivity index (χ3n) is 5.63. The molecular formula is C23H22FN3OS. The number of nitrogens with zero attached hydrogens (tertiary/aromatic N) is 3. The summed E-state index contributed by atoms with van der Waals surface area (Å²) in [4.78, 5) is 7.80. The minimum absolute atomic E-state index is 0.0688. The SMILES string of the molecule is CCc1sc(N2[C@H](C#N)[C@@H](c3ccccc3-c3ccc(F)cc3)[C@@H]2CO)nc1C. The predicted octanol–water partition coefficient (Wildman–Crippen LogP) is 4.68. The molecule has 0 radical (unpaired) electrons. The molecule has 0 aliphatic carbocycles. The van der Waals surface area contributed by atoms with Gasteiger partial charge in [-0.25, -0.2) is 9.37 Å². The highest BCUT2D eigenvalue weighted by molar-refractivity contribution is 7.15. The Balaban J connectivity index is 1.74. The zero-order chi connectivity index (χ0) is 20.5.